The fourth-order valence-electron chi connectivity index (χ4n) is 3.96. The number of benzene rings is 4. The van der Waals surface area contributed by atoms with E-state index >= 15 is 0 Å². The van der Waals surface area contributed by atoms with E-state index in [1.165, 1.54) is 16.3 Å². The molecule has 0 spiro atoms. The number of rotatable bonds is 7. The van der Waals surface area contributed by atoms with E-state index in [1.807, 2.05) is 36.4 Å². The number of nitrogens with zero attached hydrogens (tertiary/aromatic N) is 2. The van der Waals surface area contributed by atoms with Gasteiger partial charge < -0.3 is 10.1 Å². The van der Waals surface area contributed by atoms with Gasteiger partial charge in [0.15, 0.2) is 5.16 Å². The number of hydrogen-bond donors (Lipinski definition) is 1. The molecule has 6 nitrogen and oxygen atoms in total. The summed E-state index contributed by atoms with van der Waals surface area (Å²) in [6.45, 7) is 0. The predicted molar refractivity (Wildman–Crippen MR) is 154 cm³/mol. The molecule has 9 heteroatoms. The summed E-state index contributed by atoms with van der Waals surface area (Å²) < 4.78 is 6.75. The minimum absolute atomic E-state index is 0.280. The summed E-state index contributed by atoms with van der Waals surface area (Å²) in [5.74, 6) is 0.342. The lowest BCUT2D eigenvalue weighted by Crippen LogP contribution is -2.24. The molecular formula is C29H21Cl2N3O3S. The quantitative estimate of drug-likeness (QED) is 0.168. The van der Waals surface area contributed by atoms with Crippen LogP contribution in [0.2, 0.25) is 10.0 Å². The third kappa shape index (κ3) is 5.41. The molecule has 0 aliphatic heterocycles. The van der Waals surface area contributed by atoms with E-state index in [1.54, 1.807) is 67.8 Å². The van der Waals surface area contributed by atoms with Crippen LogP contribution < -0.4 is 15.6 Å². The number of aromatic nitrogens is 2. The second-order valence-corrected chi connectivity index (χ2v) is 10.2. The smallest absolute Gasteiger partial charge is 0.266 e. The summed E-state index contributed by atoms with van der Waals surface area (Å²) >= 11 is 13.6. The van der Waals surface area contributed by atoms with Gasteiger partial charge in [-0.05, 0) is 48.0 Å². The number of thioether (sulfide) groups is 1. The number of methoxy groups -OCH3 is 1. The monoisotopic (exact) mass is 561 g/mol. The molecule has 0 fully saturated rings. The summed E-state index contributed by atoms with van der Waals surface area (Å²) in [7, 11) is 1.57. The number of carbonyl (C=O) groups excluding carboxylic acids is 1. The summed E-state index contributed by atoms with van der Waals surface area (Å²) in [5.41, 5.74) is 2.07. The number of ether oxygens (including phenoxy) is 1. The predicted octanol–water partition coefficient (Wildman–Crippen LogP) is 7.17. The molecule has 1 atom stereocenters. The van der Waals surface area contributed by atoms with Crippen molar-refractivity contribution in [1.82, 2.24) is 9.55 Å². The first kappa shape index (κ1) is 25.9. The third-order valence-corrected chi connectivity index (χ3v) is 7.75. The van der Waals surface area contributed by atoms with Crippen molar-refractivity contribution in [2.75, 3.05) is 12.4 Å². The van der Waals surface area contributed by atoms with Gasteiger partial charge in [-0.2, -0.15) is 0 Å². The topological polar surface area (TPSA) is 73.2 Å². The Morgan fingerprint density at radius 1 is 0.921 bits per heavy atom. The van der Waals surface area contributed by atoms with Gasteiger partial charge in [0.05, 0.1) is 33.7 Å². The van der Waals surface area contributed by atoms with Gasteiger partial charge in [0, 0.05) is 11.8 Å². The lowest BCUT2D eigenvalue weighted by molar-refractivity contribution is -0.115. The van der Waals surface area contributed by atoms with E-state index in [9.17, 15) is 9.59 Å². The first-order valence-corrected chi connectivity index (χ1v) is 13.2. The molecule has 38 heavy (non-hydrogen) atoms. The van der Waals surface area contributed by atoms with Crippen LogP contribution in [-0.2, 0) is 4.79 Å². The van der Waals surface area contributed by atoms with Gasteiger partial charge in [0.2, 0.25) is 5.91 Å². The fourth-order valence-corrected chi connectivity index (χ4v) is 5.37. The Bertz CT molecular complexity index is 1690. The third-order valence-electron chi connectivity index (χ3n) is 5.81. The molecule has 190 valence electrons. The van der Waals surface area contributed by atoms with Crippen LogP contribution in [0.4, 0.5) is 5.69 Å². The molecule has 0 radical (unpaired) electrons. The average molecular weight is 562 g/mol. The van der Waals surface area contributed by atoms with Crippen molar-refractivity contribution in [1.29, 1.82) is 0 Å². The van der Waals surface area contributed by atoms with E-state index in [2.05, 4.69) is 5.32 Å². The zero-order chi connectivity index (χ0) is 26.6. The molecule has 0 aliphatic rings. The Balaban J connectivity index is 1.63. The van der Waals surface area contributed by atoms with E-state index in [0.29, 0.717) is 43.2 Å². The Morgan fingerprint density at radius 2 is 1.68 bits per heavy atom. The lowest BCUT2D eigenvalue weighted by atomic mass is 10.1. The first-order chi connectivity index (χ1) is 18.4. The molecule has 1 aromatic heterocycles. The number of halogens is 2. The Kier molecular flexibility index (Phi) is 7.69. The first-order valence-electron chi connectivity index (χ1n) is 11.6. The molecular weight excluding hydrogens is 541 g/mol. The SMILES string of the molecule is COc1cccc(NC(=O)C(Sc2nc3ccccc3c(=O)n2-c2ccc(Cl)c(Cl)c2)c2ccccc2)c1. The standard InChI is InChI=1S/C29H21Cl2N3O3S/c1-37-21-11-7-10-19(16-21)32-27(35)26(18-8-3-2-4-9-18)38-29-33-25-13-6-5-12-22(25)28(36)34(29)20-14-15-23(30)24(31)17-20/h2-17,26H,1H3,(H,32,35). The molecule has 0 aliphatic carbocycles. The zero-order valence-electron chi connectivity index (χ0n) is 20.1. The number of hydrogen-bond acceptors (Lipinski definition) is 5. The van der Waals surface area contributed by atoms with Crippen molar-refractivity contribution in [2.45, 2.75) is 10.4 Å². The van der Waals surface area contributed by atoms with Gasteiger partial charge in [-0.1, -0.05) is 83.5 Å². The van der Waals surface area contributed by atoms with Crippen LogP contribution in [0.1, 0.15) is 10.8 Å². The molecule has 4 aromatic carbocycles. The van der Waals surface area contributed by atoms with Gasteiger partial charge in [0.25, 0.3) is 5.56 Å². The number of anilines is 1. The summed E-state index contributed by atoms with van der Waals surface area (Å²) in [5, 5.41) is 3.69. The second-order valence-electron chi connectivity index (χ2n) is 8.28. The summed E-state index contributed by atoms with van der Waals surface area (Å²) in [6.07, 6.45) is 0. The Morgan fingerprint density at radius 3 is 2.45 bits per heavy atom. The van der Waals surface area contributed by atoms with Crippen LogP contribution in [0, 0.1) is 0 Å². The van der Waals surface area contributed by atoms with Crippen LogP contribution in [0.25, 0.3) is 16.6 Å². The minimum atomic E-state index is -0.732. The highest BCUT2D eigenvalue weighted by Gasteiger charge is 2.26. The number of nitrogens with one attached hydrogen (secondary N) is 1. The van der Waals surface area contributed by atoms with Gasteiger partial charge in [0.1, 0.15) is 11.0 Å². The van der Waals surface area contributed by atoms with Gasteiger partial charge in [-0.15, -0.1) is 0 Å². The second kappa shape index (κ2) is 11.3. The van der Waals surface area contributed by atoms with Crippen molar-refractivity contribution >= 4 is 57.5 Å². The average Bonchev–Trinajstić information content (AvgIpc) is 2.94. The van der Waals surface area contributed by atoms with Gasteiger partial charge in [-0.25, -0.2) is 4.98 Å². The Labute approximate surface area is 233 Å². The normalized spacial score (nSPS) is 11.8. The van der Waals surface area contributed by atoms with Crippen LogP contribution in [0.5, 0.6) is 5.75 Å². The highest BCUT2D eigenvalue weighted by atomic mass is 35.5. The summed E-state index contributed by atoms with van der Waals surface area (Å²) in [4.78, 5) is 32.2. The van der Waals surface area contributed by atoms with Gasteiger partial charge >= 0.3 is 0 Å². The van der Waals surface area contributed by atoms with E-state index < -0.39 is 5.25 Å². The van der Waals surface area contributed by atoms with Crippen molar-refractivity contribution in [3.05, 3.63) is 123 Å². The maximum absolute atomic E-state index is 13.7. The minimum Gasteiger partial charge on any atom is -0.497 e. The van der Waals surface area contributed by atoms with Crippen molar-refractivity contribution < 1.29 is 9.53 Å². The number of amides is 1. The fraction of sp³-hybridized carbons (Fsp3) is 0.0690. The van der Waals surface area contributed by atoms with Crippen LogP contribution >= 0.6 is 35.0 Å². The van der Waals surface area contributed by atoms with Crippen LogP contribution in [0.15, 0.2) is 107 Å². The van der Waals surface area contributed by atoms with Crippen LogP contribution in [0.3, 0.4) is 0 Å². The van der Waals surface area contributed by atoms with Crippen molar-refractivity contribution in [3.63, 3.8) is 0 Å². The van der Waals surface area contributed by atoms with Crippen LogP contribution in [-0.4, -0.2) is 22.6 Å². The van der Waals surface area contributed by atoms with Gasteiger partial charge in [-0.3, -0.25) is 14.2 Å². The molecule has 0 saturated carbocycles. The number of carbonyl (C=O) groups is 1. The largest absolute Gasteiger partial charge is 0.497 e. The highest BCUT2D eigenvalue weighted by molar-refractivity contribution is 8.00. The van der Waals surface area contributed by atoms with E-state index in [0.717, 1.165) is 5.56 Å². The van der Waals surface area contributed by atoms with E-state index in [-0.39, 0.29) is 11.5 Å². The molecule has 1 heterocycles. The zero-order valence-corrected chi connectivity index (χ0v) is 22.4. The number of para-hydroxylation sites is 1. The highest BCUT2D eigenvalue weighted by Crippen LogP contribution is 2.37. The Hall–Kier alpha value is -3.78. The van der Waals surface area contributed by atoms with Crippen molar-refractivity contribution in [2.24, 2.45) is 0 Å². The molecule has 0 saturated heterocycles. The molecule has 1 N–H and O–H groups in total. The lowest BCUT2D eigenvalue weighted by Gasteiger charge is -2.20. The maximum atomic E-state index is 13.7. The summed E-state index contributed by atoms with van der Waals surface area (Å²) in [6, 6.07) is 28.5. The van der Waals surface area contributed by atoms with Crippen molar-refractivity contribution in [3.8, 4) is 11.4 Å². The molecule has 5 rings (SSSR count). The molecule has 1 unspecified atom stereocenters. The molecule has 5 aromatic rings. The maximum Gasteiger partial charge on any atom is 0.266 e. The number of fused-ring (bicyclic) bond motifs is 1. The molecule has 1 amide bonds. The van der Waals surface area contributed by atoms with E-state index in [4.69, 9.17) is 32.9 Å². The molecule has 0 bridgehead atoms.